The molecule has 7 rings (SSSR count). The van der Waals surface area contributed by atoms with Gasteiger partial charge in [0.05, 0.1) is 27.7 Å². The van der Waals surface area contributed by atoms with Gasteiger partial charge in [-0.15, -0.1) is 0 Å². The minimum Gasteiger partial charge on any atom is -0.478 e. The van der Waals surface area contributed by atoms with Crippen LogP contribution in [0.15, 0.2) is 115 Å². The first kappa shape index (κ1) is 28.4. The van der Waals surface area contributed by atoms with Gasteiger partial charge in [0.1, 0.15) is 0 Å². The second-order valence-corrected chi connectivity index (χ2v) is 11.6. The lowest BCUT2D eigenvalue weighted by Crippen LogP contribution is -2.35. The Kier molecular flexibility index (Phi) is 6.73. The Morgan fingerprint density at radius 3 is 2.16 bits per heavy atom. The van der Waals surface area contributed by atoms with Crippen molar-refractivity contribution in [3.8, 4) is 11.1 Å². The van der Waals surface area contributed by atoms with Crippen LogP contribution in [0.2, 0.25) is 0 Å². The van der Waals surface area contributed by atoms with Crippen molar-refractivity contribution < 1.29 is 27.9 Å². The molecule has 1 saturated carbocycles. The molecule has 224 valence electrons. The van der Waals surface area contributed by atoms with E-state index in [1.165, 1.54) is 24.3 Å². The van der Waals surface area contributed by atoms with E-state index in [0.717, 1.165) is 39.4 Å². The van der Waals surface area contributed by atoms with Crippen LogP contribution in [0, 0.1) is 0 Å². The first-order valence-electron chi connectivity index (χ1n) is 14.5. The fourth-order valence-electron chi connectivity index (χ4n) is 6.03. The molecule has 1 aliphatic carbocycles. The van der Waals surface area contributed by atoms with Gasteiger partial charge in [-0.2, -0.15) is 13.2 Å². The monoisotopic (exact) mass is 604 g/mol. The van der Waals surface area contributed by atoms with Crippen LogP contribution in [0.5, 0.6) is 0 Å². The second-order valence-electron chi connectivity index (χ2n) is 11.6. The molecule has 5 aromatic carbocycles. The number of carbonyl (C=O) groups excluding carboxylic acids is 1. The summed E-state index contributed by atoms with van der Waals surface area (Å²) < 4.78 is 41.8. The average molecular weight is 605 g/mol. The summed E-state index contributed by atoms with van der Waals surface area (Å²) in [7, 11) is 0. The molecule has 1 fully saturated rings. The Bertz CT molecular complexity index is 2090. The number of carbonyl (C=O) groups is 2. The van der Waals surface area contributed by atoms with Gasteiger partial charge < -0.3 is 15.0 Å². The number of halogens is 3. The zero-order valence-corrected chi connectivity index (χ0v) is 23.9. The fourth-order valence-corrected chi connectivity index (χ4v) is 6.03. The molecule has 2 N–H and O–H groups in total. The van der Waals surface area contributed by atoms with E-state index in [9.17, 15) is 27.9 Å². The minimum atomic E-state index is -4.45. The van der Waals surface area contributed by atoms with Crippen molar-refractivity contribution in [3.05, 3.63) is 143 Å². The molecule has 8 heteroatoms. The lowest BCUT2D eigenvalue weighted by Gasteiger charge is -2.20. The molecule has 0 spiro atoms. The van der Waals surface area contributed by atoms with Crippen molar-refractivity contribution in [1.29, 1.82) is 0 Å². The standard InChI is InChI=1S/C37H27F3N2O3/c38-37(39,40)31-13-7-25(8-14-31)29-20-28-15-18-42(22-23-5-6-24-3-1-2-4-27(24)19-23)33(28)32(21-29)34(43)41-36(16-17-36)30-11-9-26(10-12-30)35(44)45/h1-15,18-21H,16-17,22H2,(H,41,43)(H,44,45). The van der Waals surface area contributed by atoms with Gasteiger partial charge in [0.2, 0.25) is 0 Å². The maximum absolute atomic E-state index is 14.1. The zero-order chi connectivity index (χ0) is 31.3. The third kappa shape index (κ3) is 5.44. The van der Waals surface area contributed by atoms with E-state index < -0.39 is 23.2 Å². The van der Waals surface area contributed by atoms with Crippen molar-refractivity contribution in [2.75, 3.05) is 0 Å². The summed E-state index contributed by atoms with van der Waals surface area (Å²) in [5, 5.41) is 15.5. The molecule has 0 bridgehead atoms. The Balaban J connectivity index is 1.29. The molecule has 5 nitrogen and oxygen atoms in total. The SMILES string of the molecule is O=C(O)c1ccc(C2(NC(=O)c3cc(-c4ccc(C(F)(F)F)cc4)cc4ccn(Cc5ccc6ccccc6c5)c34)CC2)cc1. The first-order valence-corrected chi connectivity index (χ1v) is 14.5. The lowest BCUT2D eigenvalue weighted by molar-refractivity contribution is -0.137. The molecule has 1 aliphatic rings. The number of benzene rings is 5. The molecule has 6 aromatic rings. The lowest BCUT2D eigenvalue weighted by atomic mass is 9.97. The Morgan fingerprint density at radius 1 is 0.778 bits per heavy atom. The molecule has 0 atom stereocenters. The van der Waals surface area contributed by atoms with Crippen LogP contribution in [-0.2, 0) is 18.3 Å². The summed E-state index contributed by atoms with van der Waals surface area (Å²) in [5.41, 5.74) is 2.99. The number of fused-ring (bicyclic) bond motifs is 2. The highest BCUT2D eigenvalue weighted by Crippen LogP contribution is 2.46. The van der Waals surface area contributed by atoms with E-state index in [2.05, 4.69) is 35.6 Å². The third-order valence-electron chi connectivity index (χ3n) is 8.60. The van der Waals surface area contributed by atoms with Crippen LogP contribution in [-0.4, -0.2) is 21.6 Å². The molecule has 0 radical (unpaired) electrons. The van der Waals surface area contributed by atoms with Crippen LogP contribution in [0.25, 0.3) is 32.8 Å². The maximum atomic E-state index is 14.1. The van der Waals surface area contributed by atoms with Crippen molar-refractivity contribution in [2.45, 2.75) is 31.1 Å². The van der Waals surface area contributed by atoms with Gasteiger partial charge in [-0.05, 0) is 94.4 Å². The van der Waals surface area contributed by atoms with Crippen LogP contribution in [0.1, 0.15) is 50.2 Å². The summed E-state index contributed by atoms with van der Waals surface area (Å²) in [6.45, 7) is 0.510. The number of amides is 1. The Labute approximate surface area is 256 Å². The van der Waals surface area contributed by atoms with Gasteiger partial charge in [-0.1, -0.05) is 60.7 Å². The van der Waals surface area contributed by atoms with Gasteiger partial charge in [0.25, 0.3) is 5.91 Å². The quantitative estimate of drug-likeness (QED) is 0.192. The summed E-state index contributed by atoms with van der Waals surface area (Å²) >= 11 is 0. The van der Waals surface area contributed by atoms with E-state index in [1.54, 1.807) is 18.2 Å². The van der Waals surface area contributed by atoms with Gasteiger partial charge in [0.15, 0.2) is 0 Å². The number of nitrogens with one attached hydrogen (secondary N) is 1. The highest BCUT2D eigenvalue weighted by molar-refractivity contribution is 6.08. The van der Waals surface area contributed by atoms with E-state index in [1.807, 2.05) is 35.0 Å². The van der Waals surface area contributed by atoms with Crippen molar-refractivity contribution in [3.63, 3.8) is 0 Å². The molecule has 45 heavy (non-hydrogen) atoms. The van der Waals surface area contributed by atoms with Gasteiger partial charge in [0, 0.05) is 18.1 Å². The number of carboxylic acids is 1. The molecular weight excluding hydrogens is 577 g/mol. The van der Waals surface area contributed by atoms with Crippen LogP contribution in [0.3, 0.4) is 0 Å². The predicted octanol–water partition coefficient (Wildman–Crippen LogP) is 8.65. The van der Waals surface area contributed by atoms with Crippen molar-refractivity contribution in [1.82, 2.24) is 9.88 Å². The largest absolute Gasteiger partial charge is 0.478 e. The minimum absolute atomic E-state index is 0.165. The topological polar surface area (TPSA) is 71.3 Å². The number of aromatic nitrogens is 1. The van der Waals surface area contributed by atoms with Crippen LogP contribution >= 0.6 is 0 Å². The normalized spacial score (nSPS) is 14.0. The number of carboxylic acid groups (broad SMARTS) is 1. The maximum Gasteiger partial charge on any atom is 0.416 e. The Hall–Kier alpha value is -5.37. The van der Waals surface area contributed by atoms with E-state index in [0.29, 0.717) is 41.6 Å². The van der Waals surface area contributed by atoms with E-state index >= 15 is 0 Å². The van der Waals surface area contributed by atoms with Crippen LogP contribution < -0.4 is 5.32 Å². The fraction of sp³-hybridized carbons (Fsp3) is 0.135. The summed E-state index contributed by atoms with van der Waals surface area (Å²) in [5.74, 6) is -1.34. The number of rotatable bonds is 7. The van der Waals surface area contributed by atoms with E-state index in [-0.39, 0.29) is 11.5 Å². The molecule has 0 saturated heterocycles. The van der Waals surface area contributed by atoms with Crippen molar-refractivity contribution >= 4 is 33.6 Å². The number of nitrogens with zero attached hydrogens (tertiary/aromatic N) is 1. The molecule has 1 heterocycles. The zero-order valence-electron chi connectivity index (χ0n) is 23.9. The predicted molar refractivity (Wildman–Crippen MR) is 167 cm³/mol. The highest BCUT2D eigenvalue weighted by atomic mass is 19.4. The smallest absolute Gasteiger partial charge is 0.416 e. The number of alkyl halides is 3. The molecule has 0 unspecified atom stereocenters. The summed E-state index contributed by atoms with van der Waals surface area (Å²) in [6.07, 6.45) is -1.13. The van der Waals surface area contributed by atoms with Gasteiger partial charge >= 0.3 is 12.1 Å². The summed E-state index contributed by atoms with van der Waals surface area (Å²) in [4.78, 5) is 25.5. The number of hydrogen-bond acceptors (Lipinski definition) is 2. The number of hydrogen-bond donors (Lipinski definition) is 2. The molecule has 0 aliphatic heterocycles. The third-order valence-corrected chi connectivity index (χ3v) is 8.60. The van der Waals surface area contributed by atoms with Gasteiger partial charge in [-0.25, -0.2) is 4.79 Å². The average Bonchev–Trinajstić information content (AvgIpc) is 3.71. The van der Waals surface area contributed by atoms with Crippen molar-refractivity contribution in [2.24, 2.45) is 0 Å². The highest BCUT2D eigenvalue weighted by Gasteiger charge is 2.46. The van der Waals surface area contributed by atoms with Crippen LogP contribution in [0.4, 0.5) is 13.2 Å². The second kappa shape index (κ2) is 10.7. The summed E-state index contributed by atoms with van der Waals surface area (Å²) in [6, 6.07) is 31.3. The first-order chi connectivity index (χ1) is 21.6. The van der Waals surface area contributed by atoms with E-state index in [4.69, 9.17) is 0 Å². The molecule has 1 aromatic heterocycles. The van der Waals surface area contributed by atoms with Gasteiger partial charge in [-0.3, -0.25) is 4.79 Å². The molecular formula is C37H27F3N2O3. The molecule has 1 amide bonds. The number of aromatic carboxylic acids is 1. The Morgan fingerprint density at radius 2 is 1.49 bits per heavy atom.